The van der Waals surface area contributed by atoms with Gasteiger partial charge in [-0.05, 0) is 117 Å². The maximum absolute atomic E-state index is 11.0. The van der Waals surface area contributed by atoms with Crippen molar-refractivity contribution >= 4 is 5.97 Å². The summed E-state index contributed by atoms with van der Waals surface area (Å²) in [5, 5.41) is 0. The first kappa shape index (κ1) is 27.7. The van der Waals surface area contributed by atoms with Crippen LogP contribution in [-0.2, 0) is 9.53 Å². The highest BCUT2D eigenvalue weighted by atomic mass is 16.5. The zero-order valence-corrected chi connectivity index (χ0v) is 23.1. The van der Waals surface area contributed by atoms with Crippen LogP contribution in [0.1, 0.15) is 85.5 Å². The maximum atomic E-state index is 11.0. The van der Waals surface area contributed by atoms with Crippen LogP contribution < -0.4 is 4.74 Å². The molecule has 3 aromatic carbocycles. The Morgan fingerprint density at radius 2 is 1.39 bits per heavy atom. The summed E-state index contributed by atoms with van der Waals surface area (Å²) >= 11 is 0. The lowest BCUT2D eigenvalue weighted by Crippen LogP contribution is -2.12. The summed E-state index contributed by atoms with van der Waals surface area (Å²) in [7, 11) is 0. The highest BCUT2D eigenvalue weighted by Gasteiger charge is 2.24. The molecule has 3 nitrogen and oxygen atoms in total. The Morgan fingerprint density at radius 1 is 0.789 bits per heavy atom. The molecule has 0 spiro atoms. The lowest BCUT2D eigenvalue weighted by Gasteiger charge is -2.29. The second kappa shape index (κ2) is 14.0. The monoisotopic (exact) mass is 510 g/mol. The minimum atomic E-state index is -0.344. The molecular formula is C35H42O3. The highest BCUT2D eigenvalue weighted by molar-refractivity contribution is 5.81. The number of aryl methyl sites for hydroxylation is 2. The van der Waals surface area contributed by atoms with E-state index >= 15 is 0 Å². The molecule has 1 saturated carbocycles. The van der Waals surface area contributed by atoms with Crippen molar-refractivity contribution in [2.75, 3.05) is 13.2 Å². The molecule has 3 heteroatoms. The number of ether oxygens (including phenoxy) is 2. The second-order valence-electron chi connectivity index (χ2n) is 10.7. The van der Waals surface area contributed by atoms with Gasteiger partial charge in [0.2, 0.25) is 0 Å². The van der Waals surface area contributed by atoms with Gasteiger partial charge in [-0.25, -0.2) is 4.79 Å². The molecule has 38 heavy (non-hydrogen) atoms. The summed E-state index contributed by atoms with van der Waals surface area (Å²) in [6, 6.07) is 24.7. The van der Waals surface area contributed by atoms with E-state index in [1.54, 1.807) is 0 Å². The van der Waals surface area contributed by atoms with Crippen molar-refractivity contribution < 1.29 is 14.3 Å². The van der Waals surface area contributed by atoms with E-state index in [0.29, 0.717) is 18.4 Å². The summed E-state index contributed by atoms with van der Waals surface area (Å²) in [4.78, 5) is 11.0. The van der Waals surface area contributed by atoms with Crippen LogP contribution in [0.15, 0.2) is 79.4 Å². The topological polar surface area (TPSA) is 35.5 Å². The number of hydrogen-bond acceptors (Lipinski definition) is 3. The van der Waals surface area contributed by atoms with Gasteiger partial charge in [0.15, 0.2) is 0 Å². The molecular weight excluding hydrogens is 468 g/mol. The van der Waals surface area contributed by atoms with Gasteiger partial charge in [0, 0.05) is 6.08 Å². The largest absolute Gasteiger partial charge is 0.494 e. The molecule has 0 aromatic heterocycles. The molecule has 0 radical (unpaired) electrons. The summed E-state index contributed by atoms with van der Waals surface area (Å²) in [5.74, 6) is 1.91. The normalized spacial score (nSPS) is 17.1. The first-order valence-electron chi connectivity index (χ1n) is 14.2. The molecule has 0 saturated heterocycles. The van der Waals surface area contributed by atoms with Gasteiger partial charge in [0.05, 0.1) is 13.2 Å². The van der Waals surface area contributed by atoms with Gasteiger partial charge >= 0.3 is 5.97 Å². The fourth-order valence-electron chi connectivity index (χ4n) is 5.57. The molecule has 1 aliphatic carbocycles. The van der Waals surface area contributed by atoms with Crippen LogP contribution in [-0.4, -0.2) is 19.2 Å². The molecule has 200 valence electrons. The van der Waals surface area contributed by atoms with Gasteiger partial charge in [-0.1, -0.05) is 66.7 Å². The van der Waals surface area contributed by atoms with E-state index in [9.17, 15) is 4.79 Å². The van der Waals surface area contributed by atoms with Crippen molar-refractivity contribution in [3.63, 3.8) is 0 Å². The van der Waals surface area contributed by atoms with E-state index in [4.69, 9.17) is 9.47 Å². The Balaban J connectivity index is 1.18. The predicted octanol–water partition coefficient (Wildman–Crippen LogP) is 9.08. The van der Waals surface area contributed by atoms with E-state index in [-0.39, 0.29) is 5.97 Å². The molecule has 0 bridgehead atoms. The maximum Gasteiger partial charge on any atom is 0.330 e. The number of carbonyl (C=O) groups is 1. The van der Waals surface area contributed by atoms with E-state index in [2.05, 4.69) is 87.2 Å². The van der Waals surface area contributed by atoms with Gasteiger partial charge in [0.25, 0.3) is 0 Å². The van der Waals surface area contributed by atoms with E-state index in [1.165, 1.54) is 65.1 Å². The zero-order chi connectivity index (χ0) is 26.7. The minimum absolute atomic E-state index is 0.344. The smallest absolute Gasteiger partial charge is 0.330 e. The molecule has 1 aliphatic rings. The lowest BCUT2D eigenvalue weighted by atomic mass is 9.76. The SMILES string of the molecule is C=CC(=O)OCCCCCCOc1ccc(C2CCC(c3ccc(-c4ccc(C)cc4)c(C)c3)CC2)cc1. The third kappa shape index (κ3) is 7.84. The standard InChI is InChI=1S/C35H42O3/c1-4-35(36)38-24-8-6-5-7-23-37-33-20-17-29(18-21-33)28-13-15-30(16-14-28)32-19-22-34(27(3)25-32)31-11-9-26(2)10-12-31/h4,9-12,17-22,25,28,30H,1,5-8,13-16,23-24H2,2-3H3. The van der Waals surface area contributed by atoms with E-state index < -0.39 is 0 Å². The van der Waals surface area contributed by atoms with Crippen molar-refractivity contribution in [2.24, 2.45) is 0 Å². The molecule has 4 rings (SSSR count). The number of hydrogen-bond donors (Lipinski definition) is 0. The molecule has 0 aliphatic heterocycles. The average Bonchev–Trinajstić information content (AvgIpc) is 2.95. The van der Waals surface area contributed by atoms with Crippen molar-refractivity contribution in [3.05, 3.63) is 102 Å². The Hall–Kier alpha value is -3.33. The number of esters is 1. The molecule has 1 fully saturated rings. The fourth-order valence-corrected chi connectivity index (χ4v) is 5.57. The predicted molar refractivity (Wildman–Crippen MR) is 157 cm³/mol. The van der Waals surface area contributed by atoms with Crippen molar-refractivity contribution in [1.82, 2.24) is 0 Å². The fraction of sp³-hybridized carbons (Fsp3) is 0.400. The Kier molecular flexibility index (Phi) is 10.2. The first-order chi connectivity index (χ1) is 18.5. The van der Waals surface area contributed by atoms with Crippen LogP contribution in [0.5, 0.6) is 5.75 Å². The van der Waals surface area contributed by atoms with Crippen molar-refractivity contribution in [3.8, 4) is 16.9 Å². The number of rotatable bonds is 12. The van der Waals surface area contributed by atoms with Gasteiger partial charge in [-0.15, -0.1) is 0 Å². The number of unbranched alkanes of at least 4 members (excludes halogenated alkanes) is 3. The van der Waals surface area contributed by atoms with Gasteiger partial charge in [-0.3, -0.25) is 0 Å². The Labute approximate surface area is 228 Å². The molecule has 0 unspecified atom stereocenters. The third-order valence-corrected chi connectivity index (χ3v) is 7.88. The zero-order valence-electron chi connectivity index (χ0n) is 23.1. The Morgan fingerprint density at radius 3 is 2.03 bits per heavy atom. The molecule has 0 heterocycles. The second-order valence-corrected chi connectivity index (χ2v) is 10.7. The summed E-state index contributed by atoms with van der Waals surface area (Å²) in [5.41, 5.74) is 8.26. The highest BCUT2D eigenvalue weighted by Crippen LogP contribution is 2.41. The summed E-state index contributed by atoms with van der Waals surface area (Å²) in [6.07, 6.45) is 10.2. The van der Waals surface area contributed by atoms with Crippen molar-refractivity contribution in [2.45, 2.75) is 77.0 Å². The van der Waals surface area contributed by atoms with Gasteiger partial charge < -0.3 is 9.47 Å². The van der Waals surface area contributed by atoms with Crippen LogP contribution in [0, 0.1) is 13.8 Å². The number of carbonyl (C=O) groups excluding carboxylic acids is 1. The van der Waals surface area contributed by atoms with E-state index in [1.807, 2.05) is 0 Å². The molecule has 0 amide bonds. The quantitative estimate of drug-likeness (QED) is 0.138. The molecule has 0 N–H and O–H groups in total. The van der Waals surface area contributed by atoms with Crippen LogP contribution in [0.3, 0.4) is 0 Å². The average molecular weight is 511 g/mol. The molecule has 3 aromatic rings. The Bertz CT molecular complexity index is 1170. The van der Waals surface area contributed by atoms with Crippen LogP contribution >= 0.6 is 0 Å². The van der Waals surface area contributed by atoms with Gasteiger partial charge in [0.1, 0.15) is 5.75 Å². The molecule has 0 atom stereocenters. The minimum Gasteiger partial charge on any atom is -0.494 e. The van der Waals surface area contributed by atoms with Crippen LogP contribution in [0.25, 0.3) is 11.1 Å². The summed E-state index contributed by atoms with van der Waals surface area (Å²) < 4.78 is 10.9. The van der Waals surface area contributed by atoms with Crippen molar-refractivity contribution in [1.29, 1.82) is 0 Å². The first-order valence-corrected chi connectivity index (χ1v) is 14.2. The van der Waals surface area contributed by atoms with Crippen LogP contribution in [0.2, 0.25) is 0 Å². The number of benzene rings is 3. The van der Waals surface area contributed by atoms with Gasteiger partial charge in [-0.2, -0.15) is 0 Å². The van der Waals surface area contributed by atoms with E-state index in [0.717, 1.165) is 38.0 Å². The lowest BCUT2D eigenvalue weighted by molar-refractivity contribution is -0.137. The third-order valence-electron chi connectivity index (χ3n) is 7.88. The van der Waals surface area contributed by atoms with Crippen LogP contribution in [0.4, 0.5) is 0 Å². The summed E-state index contributed by atoms with van der Waals surface area (Å²) in [6.45, 7) is 8.97.